The maximum atomic E-state index is 5.75. The van der Waals surface area contributed by atoms with Gasteiger partial charge < -0.3 is 4.42 Å². The first-order valence-corrected chi connectivity index (χ1v) is 5.72. The van der Waals surface area contributed by atoms with Gasteiger partial charge in [0.25, 0.3) is 0 Å². The Bertz CT molecular complexity index is 631. The standard InChI is InChI=1S/C13H8BrNO/c14-11-3-4-12-10(6-11)7-13(16-12)9-2-1-5-15-8-9/h1-8H. The molecule has 0 aliphatic heterocycles. The van der Waals surface area contributed by atoms with Gasteiger partial charge >= 0.3 is 0 Å². The van der Waals surface area contributed by atoms with Crippen molar-refractivity contribution in [2.45, 2.75) is 0 Å². The molecule has 2 nitrogen and oxygen atoms in total. The Labute approximate surface area is 101 Å². The average molecular weight is 274 g/mol. The molecule has 0 N–H and O–H groups in total. The molecule has 0 radical (unpaired) electrons. The molecule has 0 fully saturated rings. The molecule has 0 bridgehead atoms. The summed E-state index contributed by atoms with van der Waals surface area (Å²) in [6, 6.07) is 11.9. The predicted molar refractivity (Wildman–Crippen MR) is 67.1 cm³/mol. The van der Waals surface area contributed by atoms with Crippen LogP contribution in [0.25, 0.3) is 22.3 Å². The molecule has 0 amide bonds. The Morgan fingerprint density at radius 2 is 2.06 bits per heavy atom. The molecule has 0 saturated heterocycles. The normalized spacial score (nSPS) is 10.8. The van der Waals surface area contributed by atoms with Crippen molar-refractivity contribution in [3.63, 3.8) is 0 Å². The molecule has 16 heavy (non-hydrogen) atoms. The Balaban J connectivity index is 2.19. The number of benzene rings is 1. The zero-order chi connectivity index (χ0) is 11.0. The predicted octanol–water partition coefficient (Wildman–Crippen LogP) is 4.26. The summed E-state index contributed by atoms with van der Waals surface area (Å²) in [5.41, 5.74) is 1.89. The highest BCUT2D eigenvalue weighted by Crippen LogP contribution is 2.28. The number of nitrogens with zero attached hydrogens (tertiary/aromatic N) is 1. The van der Waals surface area contributed by atoms with Crippen LogP contribution in [-0.4, -0.2) is 4.98 Å². The van der Waals surface area contributed by atoms with E-state index in [2.05, 4.69) is 20.9 Å². The van der Waals surface area contributed by atoms with Gasteiger partial charge in [0.15, 0.2) is 0 Å². The molecule has 3 rings (SSSR count). The van der Waals surface area contributed by atoms with E-state index >= 15 is 0 Å². The minimum Gasteiger partial charge on any atom is -0.456 e. The van der Waals surface area contributed by atoms with Crippen molar-refractivity contribution in [1.82, 2.24) is 4.98 Å². The largest absolute Gasteiger partial charge is 0.456 e. The van der Waals surface area contributed by atoms with Gasteiger partial charge in [-0.3, -0.25) is 4.98 Å². The number of halogens is 1. The van der Waals surface area contributed by atoms with Crippen molar-refractivity contribution in [1.29, 1.82) is 0 Å². The van der Waals surface area contributed by atoms with Gasteiger partial charge in [0.2, 0.25) is 0 Å². The summed E-state index contributed by atoms with van der Waals surface area (Å²) >= 11 is 3.44. The fourth-order valence-corrected chi connectivity index (χ4v) is 2.04. The van der Waals surface area contributed by atoms with Crippen molar-refractivity contribution < 1.29 is 4.42 Å². The smallest absolute Gasteiger partial charge is 0.136 e. The topological polar surface area (TPSA) is 26.0 Å². The molecular formula is C13H8BrNO. The number of pyridine rings is 1. The van der Waals surface area contributed by atoms with Crippen LogP contribution in [0.15, 0.2) is 57.7 Å². The van der Waals surface area contributed by atoms with E-state index in [1.54, 1.807) is 12.4 Å². The average Bonchev–Trinajstić information content (AvgIpc) is 2.73. The van der Waals surface area contributed by atoms with Crippen LogP contribution in [0.1, 0.15) is 0 Å². The summed E-state index contributed by atoms with van der Waals surface area (Å²) in [6.45, 7) is 0. The first-order valence-electron chi connectivity index (χ1n) is 4.92. The molecule has 0 spiro atoms. The third kappa shape index (κ3) is 1.63. The molecule has 2 aromatic heterocycles. The van der Waals surface area contributed by atoms with E-state index in [4.69, 9.17) is 4.42 Å². The van der Waals surface area contributed by atoms with Crippen molar-refractivity contribution in [2.75, 3.05) is 0 Å². The van der Waals surface area contributed by atoms with Gasteiger partial charge in [-0.1, -0.05) is 15.9 Å². The van der Waals surface area contributed by atoms with E-state index < -0.39 is 0 Å². The van der Waals surface area contributed by atoms with Crippen LogP contribution in [0.5, 0.6) is 0 Å². The number of furan rings is 1. The number of aromatic nitrogens is 1. The zero-order valence-electron chi connectivity index (χ0n) is 8.35. The monoisotopic (exact) mass is 273 g/mol. The second-order valence-corrected chi connectivity index (χ2v) is 4.45. The Morgan fingerprint density at radius 3 is 2.88 bits per heavy atom. The summed E-state index contributed by atoms with van der Waals surface area (Å²) < 4.78 is 6.80. The second-order valence-electron chi connectivity index (χ2n) is 3.53. The molecular weight excluding hydrogens is 266 g/mol. The van der Waals surface area contributed by atoms with E-state index in [-0.39, 0.29) is 0 Å². The molecule has 2 heterocycles. The molecule has 1 aromatic carbocycles. The van der Waals surface area contributed by atoms with Gasteiger partial charge in [-0.05, 0) is 36.4 Å². The van der Waals surface area contributed by atoms with Crippen LogP contribution in [0.4, 0.5) is 0 Å². The van der Waals surface area contributed by atoms with E-state index in [1.165, 1.54) is 0 Å². The van der Waals surface area contributed by atoms with Crippen molar-refractivity contribution >= 4 is 26.9 Å². The lowest BCUT2D eigenvalue weighted by molar-refractivity contribution is 0.631. The molecule has 0 aliphatic carbocycles. The number of hydrogen-bond acceptors (Lipinski definition) is 2. The first-order chi connectivity index (χ1) is 7.83. The lowest BCUT2D eigenvalue weighted by Crippen LogP contribution is -1.73. The zero-order valence-corrected chi connectivity index (χ0v) is 9.94. The van der Waals surface area contributed by atoms with Gasteiger partial charge in [0.1, 0.15) is 11.3 Å². The number of hydrogen-bond donors (Lipinski definition) is 0. The highest BCUT2D eigenvalue weighted by molar-refractivity contribution is 9.10. The maximum absolute atomic E-state index is 5.75. The lowest BCUT2D eigenvalue weighted by Gasteiger charge is -1.92. The summed E-state index contributed by atoms with van der Waals surface area (Å²) in [5.74, 6) is 0.848. The molecule has 3 heteroatoms. The van der Waals surface area contributed by atoms with Gasteiger partial charge in [-0.25, -0.2) is 0 Å². The molecule has 0 saturated carbocycles. The van der Waals surface area contributed by atoms with Gasteiger partial charge in [0, 0.05) is 27.8 Å². The van der Waals surface area contributed by atoms with Gasteiger partial charge in [-0.2, -0.15) is 0 Å². The highest BCUT2D eigenvalue weighted by atomic mass is 79.9. The number of rotatable bonds is 1. The van der Waals surface area contributed by atoms with E-state index in [0.717, 1.165) is 26.8 Å². The van der Waals surface area contributed by atoms with Crippen molar-refractivity contribution in [3.05, 3.63) is 53.3 Å². The van der Waals surface area contributed by atoms with Crippen LogP contribution in [0.3, 0.4) is 0 Å². The summed E-state index contributed by atoms with van der Waals surface area (Å²) in [5, 5.41) is 1.09. The third-order valence-electron chi connectivity index (χ3n) is 2.42. The second kappa shape index (κ2) is 3.76. The Kier molecular flexibility index (Phi) is 2.26. The van der Waals surface area contributed by atoms with Crippen molar-refractivity contribution in [2.24, 2.45) is 0 Å². The highest BCUT2D eigenvalue weighted by Gasteiger charge is 2.05. The fourth-order valence-electron chi connectivity index (χ4n) is 1.66. The summed E-state index contributed by atoms with van der Waals surface area (Å²) in [7, 11) is 0. The van der Waals surface area contributed by atoms with E-state index in [1.807, 2.05) is 36.4 Å². The van der Waals surface area contributed by atoms with Crippen LogP contribution in [0.2, 0.25) is 0 Å². The third-order valence-corrected chi connectivity index (χ3v) is 2.92. The molecule has 0 aliphatic rings. The van der Waals surface area contributed by atoms with Gasteiger partial charge in [-0.15, -0.1) is 0 Å². The van der Waals surface area contributed by atoms with Crippen LogP contribution >= 0.6 is 15.9 Å². The molecule has 78 valence electrons. The summed E-state index contributed by atoms with van der Waals surface area (Å²) in [6.07, 6.45) is 3.55. The van der Waals surface area contributed by atoms with Gasteiger partial charge in [0.05, 0.1) is 0 Å². The van der Waals surface area contributed by atoms with E-state index in [9.17, 15) is 0 Å². The minimum atomic E-state index is 0.848. The Hall–Kier alpha value is -1.61. The van der Waals surface area contributed by atoms with E-state index in [0.29, 0.717) is 0 Å². The number of fused-ring (bicyclic) bond motifs is 1. The van der Waals surface area contributed by atoms with Crippen molar-refractivity contribution in [3.8, 4) is 11.3 Å². The van der Waals surface area contributed by atoms with Crippen LogP contribution < -0.4 is 0 Å². The lowest BCUT2D eigenvalue weighted by atomic mass is 10.2. The molecule has 0 atom stereocenters. The quantitative estimate of drug-likeness (QED) is 0.662. The van der Waals surface area contributed by atoms with Crippen LogP contribution in [0, 0.1) is 0 Å². The maximum Gasteiger partial charge on any atom is 0.136 e. The van der Waals surface area contributed by atoms with Crippen LogP contribution in [-0.2, 0) is 0 Å². The SMILES string of the molecule is Brc1ccc2oc(-c3cccnc3)cc2c1. The molecule has 3 aromatic rings. The summed E-state index contributed by atoms with van der Waals surface area (Å²) in [4.78, 5) is 4.08. The minimum absolute atomic E-state index is 0.848. The molecule has 0 unspecified atom stereocenters. The fraction of sp³-hybridized carbons (Fsp3) is 0. The Morgan fingerprint density at radius 1 is 1.12 bits per heavy atom. The first kappa shape index (κ1) is 9.60.